The fourth-order valence-electron chi connectivity index (χ4n) is 1.25. The van der Waals surface area contributed by atoms with Crippen LogP contribution in [0.2, 0.25) is 0 Å². The molecule has 1 N–H and O–H groups in total. The lowest BCUT2D eigenvalue weighted by molar-refractivity contribution is -0.137. The number of rotatable bonds is 7. The second kappa shape index (κ2) is 7.59. The monoisotopic (exact) mass is 236 g/mol. The summed E-state index contributed by atoms with van der Waals surface area (Å²) in [5.74, 6) is -0.0778. The van der Waals surface area contributed by atoms with E-state index in [2.05, 4.69) is 22.9 Å². The van der Waals surface area contributed by atoms with Crippen molar-refractivity contribution in [1.82, 2.24) is 0 Å². The molecule has 0 spiro atoms. The zero-order chi connectivity index (χ0) is 9.40. The minimum Gasteiger partial charge on any atom is -0.481 e. The maximum absolute atomic E-state index is 10.3. The molecule has 3 heteroatoms. The maximum Gasteiger partial charge on any atom is 0.303 e. The predicted molar refractivity (Wildman–Crippen MR) is 53.7 cm³/mol. The highest BCUT2D eigenvalue weighted by Gasteiger charge is 2.07. The highest BCUT2D eigenvalue weighted by atomic mass is 79.9. The minimum absolute atomic E-state index is 0.320. The van der Waals surface area contributed by atoms with Gasteiger partial charge in [-0.1, -0.05) is 29.3 Å². The molecule has 12 heavy (non-hydrogen) atoms. The smallest absolute Gasteiger partial charge is 0.303 e. The van der Waals surface area contributed by atoms with Gasteiger partial charge in [0.1, 0.15) is 0 Å². The summed E-state index contributed by atoms with van der Waals surface area (Å²) in [6.45, 7) is 2.13. The van der Waals surface area contributed by atoms with E-state index in [9.17, 15) is 4.79 Å². The first-order chi connectivity index (χ1) is 5.70. The van der Waals surface area contributed by atoms with Crippen LogP contribution in [0.15, 0.2) is 0 Å². The van der Waals surface area contributed by atoms with E-state index in [4.69, 9.17) is 5.11 Å². The molecule has 72 valence electrons. The Hall–Kier alpha value is -0.0500. The van der Waals surface area contributed by atoms with Gasteiger partial charge in [0.25, 0.3) is 0 Å². The van der Waals surface area contributed by atoms with Gasteiger partial charge in [-0.05, 0) is 25.2 Å². The van der Waals surface area contributed by atoms with Crippen molar-refractivity contribution in [2.45, 2.75) is 39.0 Å². The Morgan fingerprint density at radius 3 is 2.58 bits per heavy atom. The number of aliphatic carboxylic acids is 1. The summed E-state index contributed by atoms with van der Waals surface area (Å²) in [4.78, 5) is 10.3. The van der Waals surface area contributed by atoms with Crippen LogP contribution < -0.4 is 0 Å². The Labute approximate surface area is 82.5 Å². The van der Waals surface area contributed by atoms with Gasteiger partial charge in [-0.3, -0.25) is 4.79 Å². The third kappa shape index (κ3) is 6.65. The van der Waals surface area contributed by atoms with E-state index >= 15 is 0 Å². The van der Waals surface area contributed by atoms with Crippen molar-refractivity contribution in [3.8, 4) is 0 Å². The Bertz CT molecular complexity index is 126. The first-order valence-electron chi connectivity index (χ1n) is 4.48. The van der Waals surface area contributed by atoms with Crippen molar-refractivity contribution < 1.29 is 9.90 Å². The molecule has 0 saturated carbocycles. The van der Waals surface area contributed by atoms with Crippen molar-refractivity contribution in [3.63, 3.8) is 0 Å². The third-order valence-corrected chi connectivity index (χ3v) is 2.65. The summed E-state index contributed by atoms with van der Waals surface area (Å²) in [6, 6.07) is 0. The van der Waals surface area contributed by atoms with Gasteiger partial charge in [0.05, 0.1) is 0 Å². The maximum atomic E-state index is 10.3. The summed E-state index contributed by atoms with van der Waals surface area (Å²) in [6.07, 6.45) is 4.55. The van der Waals surface area contributed by atoms with E-state index < -0.39 is 5.97 Å². The molecule has 0 fully saturated rings. The summed E-state index contributed by atoms with van der Waals surface area (Å²) >= 11 is 3.37. The number of carboxylic acid groups (broad SMARTS) is 1. The van der Waals surface area contributed by atoms with Crippen LogP contribution in [0.1, 0.15) is 39.0 Å². The largest absolute Gasteiger partial charge is 0.481 e. The SMILES string of the molecule is CCC(CCCBr)CCC(=O)O. The van der Waals surface area contributed by atoms with Gasteiger partial charge in [0, 0.05) is 11.8 Å². The summed E-state index contributed by atoms with van der Waals surface area (Å²) in [5, 5.41) is 9.50. The molecule has 0 heterocycles. The molecule has 0 rings (SSSR count). The average Bonchev–Trinajstić information content (AvgIpc) is 2.05. The molecule has 0 aromatic carbocycles. The van der Waals surface area contributed by atoms with E-state index in [1.807, 2.05) is 0 Å². The van der Waals surface area contributed by atoms with E-state index in [1.165, 1.54) is 0 Å². The number of carbonyl (C=O) groups is 1. The highest BCUT2D eigenvalue weighted by Crippen LogP contribution is 2.17. The normalized spacial score (nSPS) is 12.8. The first-order valence-corrected chi connectivity index (χ1v) is 5.60. The standard InChI is InChI=1S/C9H17BrO2/c1-2-8(4-3-7-10)5-6-9(11)12/h8H,2-7H2,1H3,(H,11,12). The number of carboxylic acids is 1. The van der Waals surface area contributed by atoms with Crippen LogP contribution in [-0.4, -0.2) is 16.4 Å². The van der Waals surface area contributed by atoms with E-state index in [1.54, 1.807) is 0 Å². The summed E-state index contributed by atoms with van der Waals surface area (Å²) < 4.78 is 0. The van der Waals surface area contributed by atoms with Crippen molar-refractivity contribution >= 4 is 21.9 Å². The second-order valence-electron chi connectivity index (χ2n) is 3.04. The van der Waals surface area contributed by atoms with Gasteiger partial charge < -0.3 is 5.11 Å². The van der Waals surface area contributed by atoms with Gasteiger partial charge in [0.2, 0.25) is 0 Å². The van der Waals surface area contributed by atoms with Crippen molar-refractivity contribution in [3.05, 3.63) is 0 Å². The third-order valence-electron chi connectivity index (χ3n) is 2.09. The molecule has 0 amide bonds. The molecule has 0 aliphatic rings. The summed E-state index contributed by atoms with van der Waals surface area (Å²) in [5.41, 5.74) is 0. The van der Waals surface area contributed by atoms with Crippen LogP contribution in [0.5, 0.6) is 0 Å². The molecule has 2 nitrogen and oxygen atoms in total. The van der Waals surface area contributed by atoms with Gasteiger partial charge in [-0.2, -0.15) is 0 Å². The lowest BCUT2D eigenvalue weighted by Crippen LogP contribution is -2.03. The fourth-order valence-corrected chi connectivity index (χ4v) is 1.57. The number of hydrogen-bond donors (Lipinski definition) is 1. The Morgan fingerprint density at radius 1 is 1.50 bits per heavy atom. The van der Waals surface area contributed by atoms with E-state index in [-0.39, 0.29) is 0 Å². The van der Waals surface area contributed by atoms with Gasteiger partial charge in [-0.15, -0.1) is 0 Å². The van der Waals surface area contributed by atoms with Crippen molar-refractivity contribution in [2.24, 2.45) is 5.92 Å². The van der Waals surface area contributed by atoms with Crippen LogP contribution in [0.4, 0.5) is 0 Å². The zero-order valence-electron chi connectivity index (χ0n) is 7.55. The average molecular weight is 237 g/mol. The zero-order valence-corrected chi connectivity index (χ0v) is 9.14. The van der Waals surface area contributed by atoms with Crippen molar-refractivity contribution in [2.75, 3.05) is 5.33 Å². The first kappa shape index (κ1) is 11.9. The molecule has 0 aromatic rings. The Morgan fingerprint density at radius 2 is 2.17 bits per heavy atom. The number of halogens is 1. The van der Waals surface area contributed by atoms with Gasteiger partial charge >= 0.3 is 5.97 Å². The second-order valence-corrected chi connectivity index (χ2v) is 3.83. The van der Waals surface area contributed by atoms with Crippen LogP contribution in [0.3, 0.4) is 0 Å². The molecule has 0 aliphatic carbocycles. The Balaban J connectivity index is 3.45. The molecule has 0 aliphatic heterocycles. The molecular weight excluding hydrogens is 220 g/mol. The lowest BCUT2D eigenvalue weighted by Gasteiger charge is -2.11. The molecule has 0 radical (unpaired) electrons. The van der Waals surface area contributed by atoms with E-state index in [0.717, 1.165) is 31.0 Å². The van der Waals surface area contributed by atoms with Crippen LogP contribution in [-0.2, 0) is 4.79 Å². The van der Waals surface area contributed by atoms with Gasteiger partial charge in [0.15, 0.2) is 0 Å². The highest BCUT2D eigenvalue weighted by molar-refractivity contribution is 9.09. The van der Waals surface area contributed by atoms with E-state index in [0.29, 0.717) is 12.3 Å². The number of alkyl halides is 1. The van der Waals surface area contributed by atoms with Crippen LogP contribution >= 0.6 is 15.9 Å². The lowest BCUT2D eigenvalue weighted by atomic mass is 9.95. The van der Waals surface area contributed by atoms with Crippen LogP contribution in [0.25, 0.3) is 0 Å². The molecule has 1 unspecified atom stereocenters. The molecule has 0 bridgehead atoms. The quantitative estimate of drug-likeness (QED) is 0.691. The molecular formula is C9H17BrO2. The predicted octanol–water partition coefficient (Wildman–Crippen LogP) is 3.05. The minimum atomic E-state index is -0.674. The molecule has 1 atom stereocenters. The van der Waals surface area contributed by atoms with Crippen molar-refractivity contribution in [1.29, 1.82) is 0 Å². The number of hydrogen-bond acceptors (Lipinski definition) is 1. The topological polar surface area (TPSA) is 37.3 Å². The van der Waals surface area contributed by atoms with Crippen LogP contribution in [0, 0.1) is 5.92 Å². The molecule has 0 aromatic heterocycles. The Kier molecular flexibility index (Phi) is 7.56. The summed E-state index contributed by atoms with van der Waals surface area (Å²) in [7, 11) is 0. The van der Waals surface area contributed by atoms with Gasteiger partial charge in [-0.25, -0.2) is 0 Å². The molecule has 0 saturated heterocycles. The fraction of sp³-hybridized carbons (Fsp3) is 0.889.